The van der Waals surface area contributed by atoms with Crippen molar-refractivity contribution in [2.24, 2.45) is 0 Å². The van der Waals surface area contributed by atoms with E-state index in [0.29, 0.717) is 21.4 Å². The molecule has 104 valence electrons. The van der Waals surface area contributed by atoms with Crippen molar-refractivity contribution in [2.45, 2.75) is 0 Å². The van der Waals surface area contributed by atoms with Gasteiger partial charge in [-0.05, 0) is 29.8 Å². The van der Waals surface area contributed by atoms with E-state index < -0.39 is 0 Å². The van der Waals surface area contributed by atoms with Crippen LogP contribution < -0.4 is 0 Å². The summed E-state index contributed by atoms with van der Waals surface area (Å²) >= 11 is 12.0. The highest BCUT2D eigenvalue weighted by atomic mass is 35.5. The van der Waals surface area contributed by atoms with E-state index in [1.807, 2.05) is 30.3 Å². The fourth-order valence-corrected chi connectivity index (χ4v) is 2.48. The number of hydrogen-bond acceptors (Lipinski definition) is 2. The molecule has 0 saturated heterocycles. The predicted molar refractivity (Wildman–Crippen MR) is 85.0 cm³/mol. The Balaban J connectivity index is 1.97. The number of benzene rings is 2. The normalized spacial score (nSPS) is 16.0. The van der Waals surface area contributed by atoms with Gasteiger partial charge >= 0.3 is 5.97 Å². The van der Waals surface area contributed by atoms with E-state index in [1.54, 1.807) is 30.4 Å². The molecular weight excluding hydrogens is 307 g/mol. The largest absolute Gasteiger partial charge is 0.422 e. The molecule has 1 aliphatic heterocycles. The summed E-state index contributed by atoms with van der Waals surface area (Å²) < 4.78 is 5.28. The van der Waals surface area contributed by atoms with Gasteiger partial charge in [-0.15, -0.1) is 0 Å². The van der Waals surface area contributed by atoms with E-state index >= 15 is 0 Å². The molecule has 21 heavy (non-hydrogen) atoms. The molecule has 0 bridgehead atoms. The fourth-order valence-electron chi connectivity index (χ4n) is 2.02. The number of esters is 1. The van der Waals surface area contributed by atoms with Crippen LogP contribution in [-0.2, 0) is 9.53 Å². The highest BCUT2D eigenvalue weighted by Crippen LogP contribution is 2.29. The first-order valence-corrected chi connectivity index (χ1v) is 7.05. The second kappa shape index (κ2) is 5.76. The summed E-state index contributed by atoms with van der Waals surface area (Å²) in [7, 11) is 0. The molecule has 1 heterocycles. The van der Waals surface area contributed by atoms with Crippen LogP contribution in [0.4, 0.5) is 0 Å². The lowest BCUT2D eigenvalue weighted by Crippen LogP contribution is -1.97. The van der Waals surface area contributed by atoms with E-state index in [-0.39, 0.29) is 5.97 Å². The molecule has 3 rings (SSSR count). The molecule has 0 spiro atoms. The zero-order chi connectivity index (χ0) is 14.8. The molecule has 0 amide bonds. The van der Waals surface area contributed by atoms with Gasteiger partial charge in [0.15, 0.2) is 0 Å². The average molecular weight is 317 g/mol. The monoisotopic (exact) mass is 316 g/mol. The van der Waals surface area contributed by atoms with Crippen molar-refractivity contribution in [3.63, 3.8) is 0 Å². The van der Waals surface area contributed by atoms with Gasteiger partial charge in [0, 0.05) is 15.6 Å². The van der Waals surface area contributed by atoms with Gasteiger partial charge in [-0.25, -0.2) is 4.79 Å². The highest BCUT2D eigenvalue weighted by molar-refractivity contribution is 6.35. The summed E-state index contributed by atoms with van der Waals surface area (Å²) in [5, 5.41) is 1.04. The summed E-state index contributed by atoms with van der Waals surface area (Å²) in [5.41, 5.74) is 2.04. The Morgan fingerprint density at radius 3 is 2.48 bits per heavy atom. The van der Waals surface area contributed by atoms with Crippen molar-refractivity contribution < 1.29 is 9.53 Å². The SMILES string of the molecule is O=C1OC(c2ccccc2)=C/C1=C/c1ccc(Cl)cc1Cl. The maximum Gasteiger partial charge on any atom is 0.343 e. The topological polar surface area (TPSA) is 26.3 Å². The smallest absolute Gasteiger partial charge is 0.343 e. The van der Waals surface area contributed by atoms with Gasteiger partial charge in [0.2, 0.25) is 0 Å². The molecule has 0 aromatic heterocycles. The van der Waals surface area contributed by atoms with Crippen LogP contribution in [0.1, 0.15) is 11.1 Å². The van der Waals surface area contributed by atoms with Gasteiger partial charge in [0.1, 0.15) is 5.76 Å². The zero-order valence-electron chi connectivity index (χ0n) is 10.8. The van der Waals surface area contributed by atoms with Crippen molar-refractivity contribution in [1.29, 1.82) is 0 Å². The summed E-state index contributed by atoms with van der Waals surface area (Å²) in [6.07, 6.45) is 3.40. The number of carbonyl (C=O) groups is 1. The second-order valence-electron chi connectivity index (χ2n) is 4.53. The second-order valence-corrected chi connectivity index (χ2v) is 5.37. The van der Waals surface area contributed by atoms with Crippen LogP contribution in [0.5, 0.6) is 0 Å². The lowest BCUT2D eigenvalue weighted by molar-refractivity contribution is -0.130. The molecule has 1 aliphatic rings. The van der Waals surface area contributed by atoms with Crippen LogP contribution in [0.25, 0.3) is 11.8 Å². The van der Waals surface area contributed by atoms with Crippen LogP contribution in [0.3, 0.4) is 0 Å². The quantitative estimate of drug-likeness (QED) is 0.577. The number of cyclic esters (lactones) is 1. The van der Waals surface area contributed by atoms with Gasteiger partial charge in [-0.3, -0.25) is 0 Å². The Bertz CT molecular complexity index is 762. The predicted octanol–water partition coefficient (Wildman–Crippen LogP) is 4.97. The third-order valence-electron chi connectivity index (χ3n) is 3.06. The van der Waals surface area contributed by atoms with Gasteiger partial charge < -0.3 is 4.74 Å². The molecule has 2 aromatic rings. The third kappa shape index (κ3) is 3.02. The summed E-state index contributed by atoms with van der Waals surface area (Å²) in [5.74, 6) is 0.150. The van der Waals surface area contributed by atoms with E-state index in [1.165, 1.54) is 0 Å². The van der Waals surface area contributed by atoms with Crippen molar-refractivity contribution in [2.75, 3.05) is 0 Å². The van der Waals surface area contributed by atoms with Crippen LogP contribution in [0, 0.1) is 0 Å². The van der Waals surface area contributed by atoms with Gasteiger partial charge in [0.25, 0.3) is 0 Å². The van der Waals surface area contributed by atoms with E-state index in [4.69, 9.17) is 27.9 Å². The minimum Gasteiger partial charge on any atom is -0.422 e. The van der Waals surface area contributed by atoms with Gasteiger partial charge in [-0.1, -0.05) is 59.6 Å². The molecule has 0 radical (unpaired) electrons. The Morgan fingerprint density at radius 1 is 1.00 bits per heavy atom. The van der Waals surface area contributed by atoms with E-state index in [0.717, 1.165) is 11.1 Å². The van der Waals surface area contributed by atoms with Crippen LogP contribution in [-0.4, -0.2) is 5.97 Å². The molecule has 0 saturated carbocycles. The molecule has 2 nitrogen and oxygen atoms in total. The first-order chi connectivity index (χ1) is 10.1. The number of ether oxygens (including phenoxy) is 1. The van der Waals surface area contributed by atoms with Crippen LogP contribution in [0.2, 0.25) is 10.0 Å². The first kappa shape index (κ1) is 13.9. The number of rotatable bonds is 2. The lowest BCUT2D eigenvalue weighted by Gasteiger charge is -2.00. The standard InChI is InChI=1S/C17H10Cl2O2/c18-14-7-6-12(15(19)10-14)8-13-9-16(21-17(13)20)11-4-2-1-3-5-11/h1-10H/b13-8-. The molecule has 2 aromatic carbocycles. The molecular formula is C17H10Cl2O2. The van der Waals surface area contributed by atoms with Crippen LogP contribution >= 0.6 is 23.2 Å². The molecule has 0 fully saturated rings. The first-order valence-electron chi connectivity index (χ1n) is 6.29. The zero-order valence-corrected chi connectivity index (χ0v) is 12.4. The van der Waals surface area contributed by atoms with E-state index in [2.05, 4.69) is 0 Å². The van der Waals surface area contributed by atoms with Crippen molar-refractivity contribution in [3.05, 3.63) is 81.4 Å². The number of hydrogen-bond donors (Lipinski definition) is 0. The maximum absolute atomic E-state index is 11.9. The Morgan fingerprint density at radius 2 is 1.76 bits per heavy atom. The summed E-state index contributed by atoms with van der Waals surface area (Å²) in [6, 6.07) is 14.6. The molecule has 4 heteroatoms. The van der Waals surface area contributed by atoms with Crippen LogP contribution in [0.15, 0.2) is 60.2 Å². The van der Waals surface area contributed by atoms with E-state index in [9.17, 15) is 4.79 Å². The molecule has 0 unspecified atom stereocenters. The molecule has 0 aliphatic carbocycles. The minimum absolute atomic E-state index is 0.389. The Kier molecular flexibility index (Phi) is 3.82. The summed E-state index contributed by atoms with van der Waals surface area (Å²) in [6.45, 7) is 0. The highest BCUT2D eigenvalue weighted by Gasteiger charge is 2.22. The van der Waals surface area contributed by atoms with Crippen molar-refractivity contribution >= 4 is 41.0 Å². The lowest BCUT2D eigenvalue weighted by atomic mass is 10.1. The average Bonchev–Trinajstić information content (AvgIpc) is 2.84. The van der Waals surface area contributed by atoms with Crippen molar-refractivity contribution in [1.82, 2.24) is 0 Å². The van der Waals surface area contributed by atoms with Gasteiger partial charge in [-0.2, -0.15) is 0 Å². The summed E-state index contributed by atoms with van der Waals surface area (Å²) in [4.78, 5) is 11.9. The maximum atomic E-state index is 11.9. The van der Waals surface area contributed by atoms with Gasteiger partial charge in [0.05, 0.1) is 5.57 Å². The Labute approximate surface area is 132 Å². The number of halogens is 2. The third-order valence-corrected chi connectivity index (χ3v) is 3.62. The Hall–Kier alpha value is -2.03. The van der Waals surface area contributed by atoms with Crippen molar-refractivity contribution in [3.8, 4) is 0 Å². The number of carbonyl (C=O) groups excluding carboxylic acids is 1. The minimum atomic E-state index is -0.389. The molecule has 0 atom stereocenters. The fraction of sp³-hybridized carbons (Fsp3) is 0. The molecule has 0 N–H and O–H groups in total.